The predicted molar refractivity (Wildman–Crippen MR) is 102 cm³/mol. The zero-order valence-electron chi connectivity index (χ0n) is 15.3. The van der Waals surface area contributed by atoms with Crippen LogP contribution in [0.3, 0.4) is 0 Å². The second-order valence-electron chi connectivity index (χ2n) is 7.48. The number of nitrogens with one attached hydrogen (secondary N) is 1. The molecule has 1 aliphatic heterocycles. The number of nitrogens with zero attached hydrogens (tertiary/aromatic N) is 1. The van der Waals surface area contributed by atoms with Gasteiger partial charge in [0.05, 0.1) is 18.8 Å². The van der Waals surface area contributed by atoms with Gasteiger partial charge in [-0.2, -0.15) is 0 Å². The maximum Gasteiger partial charge on any atom is 0.0816 e. The average molecular weight is 336 g/mol. The highest BCUT2D eigenvalue weighted by Crippen LogP contribution is 2.38. The summed E-state index contributed by atoms with van der Waals surface area (Å²) in [4.78, 5) is 2.61. The molecule has 1 N–H and O–H groups in total. The molecule has 3 nitrogen and oxygen atoms in total. The van der Waals surface area contributed by atoms with Crippen LogP contribution < -0.4 is 5.32 Å². The second kappa shape index (κ2) is 7.28. The molecule has 1 saturated heterocycles. The van der Waals surface area contributed by atoms with Crippen LogP contribution in [0.2, 0.25) is 0 Å². The summed E-state index contributed by atoms with van der Waals surface area (Å²) in [5.41, 5.74) is 6.83. The highest BCUT2D eigenvalue weighted by molar-refractivity contribution is 5.37. The number of hydrogen-bond acceptors (Lipinski definition) is 3. The molecule has 2 atom stereocenters. The molecule has 0 spiro atoms. The summed E-state index contributed by atoms with van der Waals surface area (Å²) in [5, 5.41) is 3.46. The summed E-state index contributed by atoms with van der Waals surface area (Å²) in [6.07, 6.45) is 1.27. The molecule has 0 amide bonds. The molecule has 1 heterocycles. The van der Waals surface area contributed by atoms with Gasteiger partial charge < -0.3 is 10.1 Å². The lowest BCUT2D eigenvalue weighted by Crippen LogP contribution is -2.47. The zero-order chi connectivity index (χ0) is 17.2. The third-order valence-electron chi connectivity index (χ3n) is 5.44. The lowest BCUT2D eigenvalue weighted by atomic mass is 10.1. The average Bonchev–Trinajstić information content (AvgIpc) is 2.98. The number of rotatable bonds is 4. The van der Waals surface area contributed by atoms with E-state index in [9.17, 15) is 0 Å². The number of fused-ring (bicyclic) bond motifs is 1. The lowest BCUT2D eigenvalue weighted by Gasteiger charge is -2.36. The van der Waals surface area contributed by atoms with Gasteiger partial charge in [-0.1, -0.05) is 53.6 Å². The van der Waals surface area contributed by atoms with Crippen LogP contribution in [-0.4, -0.2) is 37.2 Å². The molecule has 4 rings (SSSR count). The molecule has 0 radical (unpaired) electrons. The van der Waals surface area contributed by atoms with E-state index in [-0.39, 0.29) is 6.10 Å². The Balaban J connectivity index is 1.53. The Kier molecular flexibility index (Phi) is 4.89. The molecule has 2 aromatic rings. The van der Waals surface area contributed by atoms with Gasteiger partial charge in [-0.15, -0.1) is 0 Å². The van der Waals surface area contributed by atoms with Crippen molar-refractivity contribution < 1.29 is 4.74 Å². The fourth-order valence-corrected chi connectivity index (χ4v) is 4.44. The maximum atomic E-state index is 6.49. The summed E-state index contributed by atoms with van der Waals surface area (Å²) in [5.74, 6) is 0. The van der Waals surface area contributed by atoms with Gasteiger partial charge in [0.2, 0.25) is 0 Å². The number of aryl methyl sites for hydroxylation is 2. The third-order valence-corrected chi connectivity index (χ3v) is 5.44. The molecule has 2 aliphatic rings. The van der Waals surface area contributed by atoms with Gasteiger partial charge in [0.15, 0.2) is 0 Å². The topological polar surface area (TPSA) is 24.5 Å². The second-order valence-corrected chi connectivity index (χ2v) is 7.48. The molecule has 25 heavy (non-hydrogen) atoms. The van der Waals surface area contributed by atoms with E-state index in [4.69, 9.17) is 4.74 Å². The fourth-order valence-electron chi connectivity index (χ4n) is 4.44. The van der Waals surface area contributed by atoms with Crippen LogP contribution in [0.5, 0.6) is 0 Å². The summed E-state index contributed by atoms with van der Waals surface area (Å²) in [7, 11) is 0. The molecule has 0 aromatic heterocycles. The van der Waals surface area contributed by atoms with Crippen molar-refractivity contribution in [2.24, 2.45) is 0 Å². The van der Waals surface area contributed by atoms with Gasteiger partial charge in [-0.25, -0.2) is 0 Å². The minimum absolute atomic E-state index is 0.247. The molecule has 1 aliphatic carbocycles. The van der Waals surface area contributed by atoms with Crippen molar-refractivity contribution in [1.82, 2.24) is 10.2 Å². The van der Waals surface area contributed by atoms with E-state index in [0.717, 1.165) is 32.6 Å². The summed E-state index contributed by atoms with van der Waals surface area (Å²) in [6, 6.07) is 16.0. The van der Waals surface area contributed by atoms with E-state index in [0.29, 0.717) is 12.6 Å². The highest BCUT2D eigenvalue weighted by Gasteiger charge is 2.37. The first-order valence-corrected chi connectivity index (χ1v) is 9.42. The molecule has 0 bridgehead atoms. The highest BCUT2D eigenvalue weighted by atomic mass is 16.5. The smallest absolute Gasteiger partial charge is 0.0816 e. The van der Waals surface area contributed by atoms with Gasteiger partial charge in [0.1, 0.15) is 0 Å². The first kappa shape index (κ1) is 16.8. The van der Waals surface area contributed by atoms with E-state index in [1.807, 2.05) is 0 Å². The molecule has 132 valence electrons. The normalized spacial score (nSPS) is 23.6. The van der Waals surface area contributed by atoms with E-state index >= 15 is 0 Å². The monoisotopic (exact) mass is 336 g/mol. The van der Waals surface area contributed by atoms with Crippen molar-refractivity contribution >= 4 is 0 Å². The Morgan fingerprint density at radius 3 is 2.52 bits per heavy atom. The summed E-state index contributed by atoms with van der Waals surface area (Å²) < 4.78 is 6.49. The van der Waals surface area contributed by atoms with Gasteiger partial charge in [-0.05, 0) is 30.5 Å². The largest absolute Gasteiger partial charge is 0.371 e. The molecule has 0 unspecified atom stereocenters. The van der Waals surface area contributed by atoms with Crippen LogP contribution in [0.1, 0.15) is 33.9 Å². The predicted octanol–water partition coefficient (Wildman–Crippen LogP) is 3.39. The van der Waals surface area contributed by atoms with Gasteiger partial charge >= 0.3 is 0 Å². The summed E-state index contributed by atoms with van der Waals surface area (Å²) in [6.45, 7) is 9.36. The number of hydrogen-bond donors (Lipinski definition) is 1. The van der Waals surface area contributed by atoms with Crippen LogP contribution in [0, 0.1) is 13.8 Å². The van der Waals surface area contributed by atoms with Crippen molar-refractivity contribution in [2.75, 3.05) is 26.2 Å². The molecule has 0 saturated carbocycles. The van der Waals surface area contributed by atoms with Crippen LogP contribution >= 0.6 is 0 Å². The fraction of sp³-hybridized carbons (Fsp3) is 0.455. The molecular weight excluding hydrogens is 308 g/mol. The Labute approximate surface area is 151 Å². The third kappa shape index (κ3) is 3.64. The minimum atomic E-state index is 0.247. The van der Waals surface area contributed by atoms with Crippen molar-refractivity contribution in [3.05, 3.63) is 70.3 Å². The Hall–Kier alpha value is -1.68. The molecule has 3 heteroatoms. The first-order chi connectivity index (χ1) is 12.2. The standard InChI is InChI=1S/C22H28N2O/c1-16-11-17(2)13-18(12-16)15-25-21-14-19-5-3-4-6-20(19)22(21)24-9-7-23-8-10-24/h3-6,11-13,21-23H,7-10,14-15H2,1-2H3/t21-,22+/m1/s1. The summed E-state index contributed by atoms with van der Waals surface area (Å²) >= 11 is 0. The van der Waals surface area contributed by atoms with Crippen molar-refractivity contribution in [3.63, 3.8) is 0 Å². The van der Waals surface area contributed by atoms with E-state index in [1.54, 1.807) is 0 Å². The van der Waals surface area contributed by atoms with Gasteiger partial charge in [0, 0.05) is 32.6 Å². The van der Waals surface area contributed by atoms with E-state index in [1.165, 1.54) is 27.8 Å². The Bertz CT molecular complexity index is 716. The molecule has 2 aromatic carbocycles. The lowest BCUT2D eigenvalue weighted by molar-refractivity contribution is -0.0188. The quantitative estimate of drug-likeness (QED) is 0.926. The van der Waals surface area contributed by atoms with Gasteiger partial charge in [-0.3, -0.25) is 4.90 Å². The van der Waals surface area contributed by atoms with Crippen molar-refractivity contribution in [1.29, 1.82) is 0 Å². The van der Waals surface area contributed by atoms with Crippen LogP contribution in [0.15, 0.2) is 42.5 Å². The SMILES string of the molecule is Cc1cc(C)cc(CO[C@@H]2Cc3ccccc3[C@@H]2N2CCNCC2)c1. The number of piperazine rings is 1. The first-order valence-electron chi connectivity index (χ1n) is 9.42. The molecule has 1 fully saturated rings. The zero-order valence-corrected chi connectivity index (χ0v) is 15.3. The van der Waals surface area contributed by atoms with Crippen LogP contribution in [0.4, 0.5) is 0 Å². The Morgan fingerprint density at radius 2 is 1.76 bits per heavy atom. The van der Waals surface area contributed by atoms with Crippen molar-refractivity contribution in [3.8, 4) is 0 Å². The van der Waals surface area contributed by atoms with Crippen LogP contribution in [-0.2, 0) is 17.8 Å². The Morgan fingerprint density at radius 1 is 1.04 bits per heavy atom. The minimum Gasteiger partial charge on any atom is -0.371 e. The van der Waals surface area contributed by atoms with E-state index in [2.05, 4.69) is 66.5 Å². The van der Waals surface area contributed by atoms with E-state index < -0.39 is 0 Å². The molecular formula is C22H28N2O. The van der Waals surface area contributed by atoms with Gasteiger partial charge in [0.25, 0.3) is 0 Å². The van der Waals surface area contributed by atoms with Crippen molar-refractivity contribution in [2.45, 2.75) is 39.0 Å². The number of ether oxygens (including phenoxy) is 1. The number of benzene rings is 2. The maximum absolute atomic E-state index is 6.49. The van der Waals surface area contributed by atoms with Crippen LogP contribution in [0.25, 0.3) is 0 Å².